The molecule has 3 N–H and O–H groups in total. The molecule has 1 amide bonds. The smallest absolute Gasteiger partial charge is 0.255 e. The van der Waals surface area contributed by atoms with Crippen LogP contribution in [0.3, 0.4) is 0 Å². The number of nitrogens with two attached hydrogens (primary N) is 1. The molecule has 5 nitrogen and oxygen atoms in total. The molecule has 0 aliphatic carbocycles. The summed E-state index contributed by atoms with van der Waals surface area (Å²) >= 11 is 0. The fourth-order valence-corrected chi connectivity index (χ4v) is 3.03. The highest BCUT2D eigenvalue weighted by molar-refractivity contribution is 5.98. The minimum atomic E-state index is -0.0564. The third-order valence-electron chi connectivity index (χ3n) is 4.37. The number of aromatic nitrogens is 1. The van der Waals surface area contributed by atoms with Gasteiger partial charge < -0.3 is 16.0 Å². The van der Waals surface area contributed by atoms with E-state index in [9.17, 15) is 4.79 Å². The number of benzene rings is 1. The van der Waals surface area contributed by atoms with Gasteiger partial charge in [0.25, 0.3) is 5.91 Å². The van der Waals surface area contributed by atoms with Crippen molar-refractivity contribution < 1.29 is 4.79 Å². The Morgan fingerprint density at radius 2 is 1.77 bits per heavy atom. The molecule has 2 aromatic rings. The number of hydrogen-bond donors (Lipinski definition) is 2. The number of anilines is 2. The van der Waals surface area contributed by atoms with Gasteiger partial charge in [-0.15, -0.1) is 24.8 Å². The molecule has 1 aliphatic heterocycles. The van der Waals surface area contributed by atoms with Crippen LogP contribution < -0.4 is 16.0 Å². The minimum Gasteiger partial charge on any atom is -0.399 e. The fourth-order valence-electron chi connectivity index (χ4n) is 3.03. The molecule has 1 fully saturated rings. The molecular formula is C19H26Cl2N4O. The van der Waals surface area contributed by atoms with Gasteiger partial charge in [-0.05, 0) is 55.5 Å². The molecule has 0 bridgehead atoms. The van der Waals surface area contributed by atoms with Gasteiger partial charge in [-0.25, -0.2) is 4.98 Å². The summed E-state index contributed by atoms with van der Waals surface area (Å²) in [6, 6.07) is 11.4. The van der Waals surface area contributed by atoms with Crippen LogP contribution in [0.4, 0.5) is 11.5 Å². The Labute approximate surface area is 167 Å². The lowest BCUT2D eigenvalue weighted by Gasteiger charge is -2.29. The van der Waals surface area contributed by atoms with Gasteiger partial charge in [0.2, 0.25) is 0 Å². The van der Waals surface area contributed by atoms with E-state index in [1.165, 1.54) is 6.42 Å². The standard InChI is InChI=1S/C19H24N4O.2ClH/c20-16-8-6-15(7-9-16)10-12-22-19(24)17-5-4-11-21-18(17)23-13-2-1-3-14-23;;/h4-9,11H,1-3,10,12-14,20H2,(H,22,24);2*1H. The third kappa shape index (κ3) is 5.78. The number of hydrogen-bond acceptors (Lipinski definition) is 4. The molecule has 0 spiro atoms. The predicted octanol–water partition coefficient (Wildman–Crippen LogP) is 3.47. The lowest BCUT2D eigenvalue weighted by atomic mass is 10.1. The molecule has 26 heavy (non-hydrogen) atoms. The van der Waals surface area contributed by atoms with E-state index in [-0.39, 0.29) is 30.7 Å². The second-order valence-corrected chi connectivity index (χ2v) is 6.17. The highest BCUT2D eigenvalue weighted by atomic mass is 35.5. The molecular weight excluding hydrogens is 371 g/mol. The summed E-state index contributed by atoms with van der Waals surface area (Å²) in [5.74, 6) is 0.751. The Kier molecular flexibility index (Phi) is 9.24. The molecule has 1 aliphatic rings. The zero-order valence-electron chi connectivity index (χ0n) is 14.7. The minimum absolute atomic E-state index is 0. The maximum Gasteiger partial charge on any atom is 0.255 e. The summed E-state index contributed by atoms with van der Waals surface area (Å²) in [6.07, 6.45) is 6.12. The topological polar surface area (TPSA) is 71.2 Å². The van der Waals surface area contributed by atoms with Crippen molar-refractivity contribution in [2.24, 2.45) is 0 Å². The number of rotatable bonds is 5. The highest BCUT2D eigenvalue weighted by Gasteiger charge is 2.19. The average molecular weight is 397 g/mol. The second kappa shape index (κ2) is 10.9. The van der Waals surface area contributed by atoms with Crippen molar-refractivity contribution in [3.05, 3.63) is 53.7 Å². The summed E-state index contributed by atoms with van der Waals surface area (Å²) in [4.78, 5) is 19.2. The quantitative estimate of drug-likeness (QED) is 0.758. The molecule has 0 saturated carbocycles. The van der Waals surface area contributed by atoms with E-state index in [2.05, 4.69) is 15.2 Å². The number of carbonyl (C=O) groups excluding carboxylic acids is 1. The van der Waals surface area contributed by atoms with Crippen LogP contribution in [-0.2, 0) is 6.42 Å². The highest BCUT2D eigenvalue weighted by Crippen LogP contribution is 2.21. The first-order chi connectivity index (χ1) is 11.7. The molecule has 0 atom stereocenters. The summed E-state index contributed by atoms with van der Waals surface area (Å²) in [7, 11) is 0. The predicted molar refractivity (Wildman–Crippen MR) is 112 cm³/mol. The van der Waals surface area contributed by atoms with E-state index in [1.807, 2.05) is 36.4 Å². The van der Waals surface area contributed by atoms with E-state index in [4.69, 9.17) is 5.73 Å². The van der Waals surface area contributed by atoms with Crippen LogP contribution in [0.1, 0.15) is 35.2 Å². The van der Waals surface area contributed by atoms with Crippen molar-refractivity contribution in [1.82, 2.24) is 10.3 Å². The lowest BCUT2D eigenvalue weighted by molar-refractivity contribution is 0.0954. The number of nitrogens with zero attached hydrogens (tertiary/aromatic N) is 2. The van der Waals surface area contributed by atoms with E-state index < -0.39 is 0 Å². The summed E-state index contributed by atoms with van der Waals surface area (Å²) in [5, 5.41) is 3.00. The first-order valence-corrected chi connectivity index (χ1v) is 8.56. The lowest BCUT2D eigenvalue weighted by Crippen LogP contribution is -2.34. The monoisotopic (exact) mass is 396 g/mol. The molecule has 2 heterocycles. The van der Waals surface area contributed by atoms with Crippen LogP contribution >= 0.6 is 24.8 Å². The van der Waals surface area contributed by atoms with Gasteiger partial charge in [-0.1, -0.05) is 12.1 Å². The molecule has 3 rings (SSSR count). The Balaban J connectivity index is 0.00000169. The number of carbonyl (C=O) groups is 1. The van der Waals surface area contributed by atoms with Gasteiger partial charge in [0.1, 0.15) is 5.82 Å². The second-order valence-electron chi connectivity index (χ2n) is 6.17. The zero-order chi connectivity index (χ0) is 16.8. The zero-order valence-corrected chi connectivity index (χ0v) is 16.3. The van der Waals surface area contributed by atoms with E-state index in [0.717, 1.165) is 49.4 Å². The molecule has 0 radical (unpaired) electrons. The van der Waals surface area contributed by atoms with Gasteiger partial charge in [0, 0.05) is 31.5 Å². The Morgan fingerprint density at radius 3 is 2.46 bits per heavy atom. The molecule has 1 aromatic heterocycles. The Morgan fingerprint density at radius 1 is 1.08 bits per heavy atom. The molecule has 142 valence electrons. The van der Waals surface area contributed by atoms with Crippen LogP contribution in [0.15, 0.2) is 42.6 Å². The van der Waals surface area contributed by atoms with Gasteiger partial charge in [-0.2, -0.15) is 0 Å². The van der Waals surface area contributed by atoms with E-state index in [0.29, 0.717) is 12.1 Å². The van der Waals surface area contributed by atoms with Crippen molar-refractivity contribution in [2.45, 2.75) is 25.7 Å². The number of nitrogens with one attached hydrogen (secondary N) is 1. The van der Waals surface area contributed by atoms with Gasteiger partial charge >= 0.3 is 0 Å². The normalized spacial score (nSPS) is 13.3. The van der Waals surface area contributed by atoms with Crippen molar-refractivity contribution in [3.8, 4) is 0 Å². The molecule has 1 aromatic carbocycles. The first-order valence-electron chi connectivity index (χ1n) is 8.56. The van der Waals surface area contributed by atoms with Crippen molar-refractivity contribution in [1.29, 1.82) is 0 Å². The fraction of sp³-hybridized carbons (Fsp3) is 0.368. The van der Waals surface area contributed by atoms with Crippen molar-refractivity contribution >= 4 is 42.2 Å². The van der Waals surface area contributed by atoms with E-state index >= 15 is 0 Å². The SMILES string of the molecule is Cl.Cl.Nc1ccc(CCNC(=O)c2cccnc2N2CCCCC2)cc1. The van der Waals surface area contributed by atoms with Gasteiger partial charge in [-0.3, -0.25) is 4.79 Å². The average Bonchev–Trinajstić information content (AvgIpc) is 2.64. The summed E-state index contributed by atoms with van der Waals surface area (Å²) in [5.41, 5.74) is 8.26. The number of halogens is 2. The summed E-state index contributed by atoms with van der Waals surface area (Å²) in [6.45, 7) is 2.54. The van der Waals surface area contributed by atoms with Crippen LogP contribution in [0.5, 0.6) is 0 Å². The number of amides is 1. The molecule has 7 heteroatoms. The summed E-state index contributed by atoms with van der Waals surface area (Å²) < 4.78 is 0. The third-order valence-corrected chi connectivity index (χ3v) is 4.37. The van der Waals surface area contributed by atoms with Crippen LogP contribution in [0, 0.1) is 0 Å². The van der Waals surface area contributed by atoms with Crippen molar-refractivity contribution in [2.75, 3.05) is 30.3 Å². The molecule has 1 saturated heterocycles. The Bertz CT molecular complexity index is 688. The largest absolute Gasteiger partial charge is 0.399 e. The van der Waals surface area contributed by atoms with Gasteiger partial charge in [0.15, 0.2) is 0 Å². The molecule has 0 unspecified atom stereocenters. The number of nitrogen functional groups attached to an aromatic ring is 1. The van der Waals surface area contributed by atoms with Crippen LogP contribution in [0.2, 0.25) is 0 Å². The van der Waals surface area contributed by atoms with Crippen molar-refractivity contribution in [3.63, 3.8) is 0 Å². The number of pyridine rings is 1. The maximum atomic E-state index is 12.6. The van der Waals surface area contributed by atoms with Gasteiger partial charge in [0.05, 0.1) is 5.56 Å². The maximum absolute atomic E-state index is 12.6. The first kappa shape index (κ1) is 22.1. The van der Waals surface area contributed by atoms with E-state index in [1.54, 1.807) is 6.20 Å². The van der Waals surface area contributed by atoms with Crippen LogP contribution in [0.25, 0.3) is 0 Å². The Hall–Kier alpha value is -1.98. The number of piperidine rings is 1. The van der Waals surface area contributed by atoms with Crippen LogP contribution in [-0.4, -0.2) is 30.5 Å².